The van der Waals surface area contributed by atoms with Crippen molar-refractivity contribution in [1.29, 1.82) is 0 Å². The molecule has 4 aromatic carbocycles. The van der Waals surface area contributed by atoms with Crippen molar-refractivity contribution < 1.29 is 45.1 Å². The van der Waals surface area contributed by atoms with Gasteiger partial charge >= 0.3 is 292 Å². The van der Waals surface area contributed by atoms with Gasteiger partial charge in [-0.05, 0) is 0 Å². The molecule has 0 aromatic heterocycles. The fourth-order valence-corrected chi connectivity index (χ4v) is 27.3. The smallest absolute Gasteiger partial charge is 1.00 e. The van der Waals surface area contributed by atoms with Gasteiger partial charge in [-0.15, -0.1) is 0 Å². The molecule has 0 N–H and O–H groups in total. The Balaban J connectivity index is 0.00000234. The summed E-state index contributed by atoms with van der Waals surface area (Å²) in [6.45, 7) is 28.3. The van der Waals surface area contributed by atoms with Crippen LogP contribution in [0, 0.1) is 27.7 Å². The number of benzene rings is 4. The topological polar surface area (TPSA) is 0 Å². The molecule has 7 rings (SSSR count). The van der Waals surface area contributed by atoms with Crippen LogP contribution in [0.3, 0.4) is 0 Å². The van der Waals surface area contributed by atoms with Crippen LogP contribution in [-0.2, 0) is 31.1 Å². The third-order valence-electron chi connectivity index (χ3n) is 12.2. The maximum Gasteiger partial charge on any atom is -1.00 e. The average Bonchev–Trinajstić information content (AvgIpc) is 3.59. The summed E-state index contributed by atoms with van der Waals surface area (Å²) in [7, 11) is 0. The second kappa shape index (κ2) is 13.1. The van der Waals surface area contributed by atoms with Gasteiger partial charge in [0.1, 0.15) is 0 Å². The molecule has 0 spiro atoms. The van der Waals surface area contributed by atoms with Gasteiger partial charge in [0.15, 0.2) is 0 Å². The summed E-state index contributed by atoms with van der Waals surface area (Å²) in [5, 5.41) is 0. The summed E-state index contributed by atoms with van der Waals surface area (Å²) in [6.07, 6.45) is 5.22. The minimum atomic E-state index is -2.80. The first-order valence-electron chi connectivity index (χ1n) is 17.9. The van der Waals surface area contributed by atoms with Crippen LogP contribution in [0.15, 0.2) is 71.8 Å². The number of rotatable bonds is 4. The maximum atomic E-state index is 2.61. The Morgan fingerprint density at radius 1 is 0.510 bits per heavy atom. The molecule has 3 heteroatoms. The zero-order valence-electron chi connectivity index (χ0n) is 31.8. The first-order valence-corrected chi connectivity index (χ1v) is 24.2. The molecule has 0 saturated carbocycles. The van der Waals surface area contributed by atoms with Crippen LogP contribution in [0.25, 0.3) is 34.4 Å². The Hall–Kier alpha value is -2.18. The summed E-state index contributed by atoms with van der Waals surface area (Å²) in [5.74, 6) is 0. The molecular formula is C46H54Cl2Zr. The molecule has 1 saturated heterocycles. The van der Waals surface area contributed by atoms with E-state index in [1.807, 2.05) is 0 Å². The number of fused-ring (bicyclic) bond motifs is 2. The van der Waals surface area contributed by atoms with Crippen LogP contribution in [-0.4, -0.2) is 0 Å². The normalized spacial score (nSPS) is 18.3. The monoisotopic (exact) mass is 766 g/mol. The van der Waals surface area contributed by atoms with Gasteiger partial charge in [-0.25, -0.2) is 0 Å². The number of allylic oxidation sites excluding steroid dienone is 2. The van der Waals surface area contributed by atoms with E-state index in [2.05, 4.69) is 156 Å². The van der Waals surface area contributed by atoms with Gasteiger partial charge in [0, 0.05) is 0 Å². The van der Waals surface area contributed by atoms with Crippen molar-refractivity contribution >= 4 is 12.2 Å². The molecule has 49 heavy (non-hydrogen) atoms. The van der Waals surface area contributed by atoms with Crippen molar-refractivity contribution in [2.75, 3.05) is 0 Å². The fourth-order valence-electron chi connectivity index (χ4n) is 9.20. The van der Waals surface area contributed by atoms with Crippen LogP contribution in [0.2, 0.25) is 8.26 Å². The fraction of sp³-hybridized carbons (Fsp3) is 0.391. The predicted octanol–water partition coefficient (Wildman–Crippen LogP) is 7.48. The summed E-state index contributed by atoms with van der Waals surface area (Å²) < 4.78 is 4.29. The minimum absolute atomic E-state index is 0. The van der Waals surface area contributed by atoms with Crippen LogP contribution >= 0.6 is 0 Å². The van der Waals surface area contributed by atoms with Gasteiger partial charge in [0.05, 0.1) is 0 Å². The number of hydrogen-bond acceptors (Lipinski definition) is 0. The second-order valence-corrected chi connectivity index (χ2v) is 28.8. The van der Waals surface area contributed by atoms with E-state index in [4.69, 9.17) is 0 Å². The molecule has 2 aliphatic carbocycles. The first-order chi connectivity index (χ1) is 22.0. The molecule has 2 unspecified atom stereocenters. The van der Waals surface area contributed by atoms with E-state index in [0.717, 1.165) is 0 Å². The zero-order chi connectivity index (χ0) is 33.8. The third-order valence-corrected chi connectivity index (χ3v) is 25.6. The van der Waals surface area contributed by atoms with Gasteiger partial charge in [-0.3, -0.25) is 0 Å². The van der Waals surface area contributed by atoms with E-state index in [1.165, 1.54) is 75.0 Å². The zero-order valence-corrected chi connectivity index (χ0v) is 35.7. The van der Waals surface area contributed by atoms with Crippen molar-refractivity contribution in [2.24, 2.45) is 0 Å². The summed E-state index contributed by atoms with van der Waals surface area (Å²) in [6, 6.07) is 23.9. The van der Waals surface area contributed by atoms with Gasteiger partial charge in [-0.2, -0.15) is 0 Å². The molecule has 2 atom stereocenters. The third kappa shape index (κ3) is 6.23. The molecule has 0 nitrogen and oxygen atoms in total. The van der Waals surface area contributed by atoms with E-state index in [0.29, 0.717) is 7.25 Å². The number of halogens is 2. The van der Waals surface area contributed by atoms with E-state index in [-0.39, 0.29) is 35.6 Å². The predicted molar refractivity (Wildman–Crippen MR) is 203 cm³/mol. The number of aryl methyl sites for hydroxylation is 2. The molecule has 3 aliphatic rings. The molecule has 0 radical (unpaired) electrons. The van der Waals surface area contributed by atoms with E-state index in [9.17, 15) is 0 Å². The Bertz CT molecular complexity index is 1850. The molecule has 1 heterocycles. The van der Waals surface area contributed by atoms with Crippen LogP contribution in [0.1, 0.15) is 118 Å². The van der Waals surface area contributed by atoms with E-state index < -0.39 is 20.3 Å². The van der Waals surface area contributed by atoms with Crippen molar-refractivity contribution in [1.82, 2.24) is 0 Å². The van der Waals surface area contributed by atoms with Crippen LogP contribution in [0.4, 0.5) is 0 Å². The molecule has 1 fully saturated rings. The Morgan fingerprint density at radius 2 is 0.837 bits per heavy atom. The van der Waals surface area contributed by atoms with Crippen molar-refractivity contribution in [3.8, 4) is 22.3 Å². The molecular weight excluding hydrogens is 715 g/mol. The maximum absolute atomic E-state index is 2.80. The van der Waals surface area contributed by atoms with Gasteiger partial charge < -0.3 is 24.8 Å². The number of hydrogen-bond donors (Lipinski definition) is 0. The SMILES string of the molecule is CC1=Cc2c(-c3ccc(C(C)(C)C)cc3)cc(C)c(C)c2[CH]1[Zr+2]1([CH]2C(C)=Cc3c(-c4ccc(C(C)(C)C)cc4)cc(C)c(C)c32)[CH2][CH2]1.[Cl-].[Cl-]. The van der Waals surface area contributed by atoms with Gasteiger partial charge in [-0.1, -0.05) is 0 Å². The summed E-state index contributed by atoms with van der Waals surface area (Å²) in [5.41, 5.74) is 24.4. The Labute approximate surface area is 314 Å². The molecule has 4 aromatic rings. The summed E-state index contributed by atoms with van der Waals surface area (Å²) in [4.78, 5) is 0. The summed E-state index contributed by atoms with van der Waals surface area (Å²) >= 11 is -2.80. The largest absolute Gasteiger partial charge is 1.00 e. The van der Waals surface area contributed by atoms with Crippen LogP contribution in [0.5, 0.6) is 0 Å². The van der Waals surface area contributed by atoms with Crippen LogP contribution < -0.4 is 24.8 Å². The average molecular weight is 769 g/mol. The minimum Gasteiger partial charge on any atom is -1.00 e. The van der Waals surface area contributed by atoms with Crippen molar-refractivity contribution in [3.63, 3.8) is 0 Å². The quantitative estimate of drug-likeness (QED) is 0.202. The van der Waals surface area contributed by atoms with Gasteiger partial charge in [0.2, 0.25) is 0 Å². The Kier molecular flexibility index (Phi) is 10.2. The van der Waals surface area contributed by atoms with Gasteiger partial charge in [0.25, 0.3) is 0 Å². The molecule has 0 bridgehead atoms. The van der Waals surface area contributed by atoms with E-state index in [1.54, 1.807) is 22.3 Å². The van der Waals surface area contributed by atoms with Crippen molar-refractivity contribution in [3.05, 3.63) is 127 Å². The first kappa shape index (κ1) is 38.1. The van der Waals surface area contributed by atoms with Crippen molar-refractivity contribution in [2.45, 2.75) is 109 Å². The molecule has 0 amide bonds. The molecule has 256 valence electrons. The standard InChI is InChI=1S/2C22H25.C2H4.2ClH.Zr/c2*1-14-11-19-16(3)15(2)13-20(21(19)12-14)17-7-9-18(10-8-17)22(4,5)6;1-2;;;/h2*7-13H,1-6H3;1-2H2;2*1H;/q;;;;;+2/p-2. The van der Waals surface area contributed by atoms with E-state index >= 15 is 0 Å². The molecule has 1 aliphatic heterocycles. The second-order valence-electron chi connectivity index (χ2n) is 17.4. The Morgan fingerprint density at radius 3 is 1.12 bits per heavy atom.